The van der Waals surface area contributed by atoms with Gasteiger partial charge >= 0.3 is 45.6 Å². The Morgan fingerprint density at radius 2 is 1.71 bits per heavy atom. The third-order valence-electron chi connectivity index (χ3n) is 0.632. The Kier molecular flexibility index (Phi) is 9.80. The molecule has 0 aromatic rings. The third kappa shape index (κ3) is 9.33. The maximum absolute atomic E-state index is 11.0. The average molecular weight is 313 g/mol. The summed E-state index contributed by atoms with van der Waals surface area (Å²) in [5, 5.41) is -1.64. The molecule has 14 heavy (non-hydrogen) atoms. The minimum atomic E-state index is -5.49. The zero-order valence-corrected chi connectivity index (χ0v) is 12.3. The molecule has 80 valence electrons. The Labute approximate surface area is 120 Å². The summed E-state index contributed by atoms with van der Waals surface area (Å²) in [5.41, 5.74) is 0. The first-order chi connectivity index (χ1) is 5.68. The molecule has 12 heteroatoms. The monoisotopic (exact) mass is 312 g/mol. The molecular formula is C2H4CaCl2O7P2. The second kappa shape index (κ2) is 7.43. The zero-order valence-electron chi connectivity index (χ0n) is 6.79. The van der Waals surface area contributed by atoms with Crippen LogP contribution in [0.1, 0.15) is 0 Å². The fraction of sp³-hybridized carbons (Fsp3) is 1.00. The largest absolute Gasteiger partial charge is 2.00 e. The van der Waals surface area contributed by atoms with E-state index in [9.17, 15) is 18.9 Å². The topological polar surface area (TPSA) is 108 Å². The van der Waals surface area contributed by atoms with E-state index in [1.54, 1.807) is 0 Å². The predicted molar refractivity (Wildman–Crippen MR) is 45.6 cm³/mol. The summed E-state index contributed by atoms with van der Waals surface area (Å²) in [5.74, 6) is 0. The number of halogens is 2. The standard InChI is InChI=1S/C2H6Cl2O7P2.Ca/c1-9-13(8,10-2(3)4)11-12(5,6)7;/h2H,1H3,(H2,5,6,7);/q;+2/p-2. The van der Waals surface area contributed by atoms with Crippen LogP contribution in [0.3, 0.4) is 0 Å². The van der Waals surface area contributed by atoms with E-state index in [1.165, 1.54) is 0 Å². The van der Waals surface area contributed by atoms with Gasteiger partial charge in [-0.15, -0.1) is 0 Å². The van der Waals surface area contributed by atoms with Crippen molar-refractivity contribution in [2.45, 2.75) is 5.02 Å². The summed E-state index contributed by atoms with van der Waals surface area (Å²) in [6.07, 6.45) is 0. The van der Waals surface area contributed by atoms with Crippen molar-refractivity contribution in [1.29, 1.82) is 0 Å². The summed E-state index contributed by atoms with van der Waals surface area (Å²) >= 11 is 9.97. The number of alkyl halides is 2. The molecule has 0 rings (SSSR count). The summed E-state index contributed by atoms with van der Waals surface area (Å²) in [6, 6.07) is 0. The van der Waals surface area contributed by atoms with Crippen LogP contribution >= 0.6 is 38.8 Å². The first-order valence-electron chi connectivity index (χ1n) is 2.54. The van der Waals surface area contributed by atoms with Crippen molar-refractivity contribution in [2.75, 3.05) is 7.11 Å². The molecule has 0 N–H and O–H groups in total. The van der Waals surface area contributed by atoms with E-state index in [0.717, 1.165) is 7.11 Å². The maximum Gasteiger partial charge on any atom is 2.00 e. The van der Waals surface area contributed by atoms with Crippen LogP contribution in [0.5, 0.6) is 0 Å². The quantitative estimate of drug-likeness (QED) is 0.399. The van der Waals surface area contributed by atoms with E-state index < -0.39 is 20.7 Å². The molecule has 0 aromatic carbocycles. The van der Waals surface area contributed by atoms with Crippen LogP contribution in [0, 0.1) is 0 Å². The molecule has 0 bridgehead atoms. The second-order valence-electron chi connectivity index (χ2n) is 1.52. The van der Waals surface area contributed by atoms with Crippen LogP contribution in [0.15, 0.2) is 0 Å². The van der Waals surface area contributed by atoms with Gasteiger partial charge in [0.1, 0.15) is 0 Å². The van der Waals surface area contributed by atoms with Gasteiger partial charge in [-0.05, 0) is 0 Å². The van der Waals surface area contributed by atoms with E-state index >= 15 is 0 Å². The van der Waals surface area contributed by atoms with E-state index in [1.807, 2.05) is 0 Å². The Morgan fingerprint density at radius 1 is 1.29 bits per heavy atom. The van der Waals surface area contributed by atoms with Gasteiger partial charge in [-0.25, -0.2) is 4.57 Å². The summed E-state index contributed by atoms with van der Waals surface area (Å²) < 4.78 is 32.5. The predicted octanol–water partition coefficient (Wildman–Crippen LogP) is -0.0168. The van der Waals surface area contributed by atoms with Gasteiger partial charge in [0.25, 0.3) is 0 Å². The molecule has 0 spiro atoms. The van der Waals surface area contributed by atoms with Gasteiger partial charge in [-0.1, -0.05) is 23.2 Å². The summed E-state index contributed by atoms with van der Waals surface area (Å²) in [7, 11) is -9.22. The number of hydrogen-bond donors (Lipinski definition) is 0. The van der Waals surface area contributed by atoms with Crippen LogP contribution < -0.4 is 9.79 Å². The van der Waals surface area contributed by atoms with E-state index in [4.69, 9.17) is 23.2 Å². The van der Waals surface area contributed by atoms with Crippen molar-refractivity contribution >= 4 is 76.6 Å². The molecule has 0 aliphatic carbocycles. The van der Waals surface area contributed by atoms with Crippen LogP contribution in [-0.4, -0.2) is 49.9 Å². The summed E-state index contributed by atoms with van der Waals surface area (Å²) in [6.45, 7) is 0. The van der Waals surface area contributed by atoms with Crippen LogP contribution in [-0.2, 0) is 22.5 Å². The Bertz CT molecular complexity index is 252. The van der Waals surface area contributed by atoms with Crippen LogP contribution in [0.4, 0.5) is 0 Å². The molecule has 0 amide bonds. The van der Waals surface area contributed by atoms with Gasteiger partial charge in [0, 0.05) is 7.11 Å². The van der Waals surface area contributed by atoms with Crippen molar-refractivity contribution in [3.8, 4) is 0 Å². The van der Waals surface area contributed by atoms with Gasteiger partial charge < -0.3 is 14.4 Å². The molecule has 0 radical (unpaired) electrons. The molecule has 0 aliphatic heterocycles. The third-order valence-corrected chi connectivity index (χ3v) is 3.58. The normalized spacial score (nSPS) is 16.1. The van der Waals surface area contributed by atoms with E-state index in [2.05, 4.69) is 13.4 Å². The van der Waals surface area contributed by atoms with Gasteiger partial charge in [0.05, 0.1) is 7.82 Å². The number of hydrogen-bond acceptors (Lipinski definition) is 7. The molecule has 0 saturated heterocycles. The second-order valence-corrected chi connectivity index (χ2v) is 5.56. The molecule has 0 saturated carbocycles. The van der Waals surface area contributed by atoms with Crippen LogP contribution in [0.25, 0.3) is 0 Å². The Balaban J connectivity index is 0. The van der Waals surface area contributed by atoms with E-state index in [-0.39, 0.29) is 37.7 Å². The molecule has 0 aromatic heterocycles. The van der Waals surface area contributed by atoms with E-state index in [0.29, 0.717) is 0 Å². The fourth-order valence-corrected chi connectivity index (χ4v) is 2.58. The first kappa shape index (κ1) is 18.5. The van der Waals surface area contributed by atoms with Crippen molar-refractivity contribution in [1.82, 2.24) is 0 Å². The van der Waals surface area contributed by atoms with Crippen molar-refractivity contribution in [3.63, 3.8) is 0 Å². The number of phosphoric acid groups is 2. The zero-order chi connectivity index (χ0) is 10.7. The Hall–Kier alpha value is 2.10. The Morgan fingerprint density at radius 3 is 1.93 bits per heavy atom. The van der Waals surface area contributed by atoms with Crippen molar-refractivity contribution in [3.05, 3.63) is 0 Å². The van der Waals surface area contributed by atoms with Crippen molar-refractivity contribution < 1.29 is 32.3 Å². The molecular weight excluding hydrogens is 309 g/mol. The molecule has 0 fully saturated rings. The molecule has 1 unspecified atom stereocenters. The van der Waals surface area contributed by atoms with Crippen LogP contribution in [0.2, 0.25) is 0 Å². The molecule has 0 aliphatic rings. The molecule has 0 heterocycles. The minimum Gasteiger partial charge on any atom is -0.789 e. The smallest absolute Gasteiger partial charge is 0.789 e. The molecule has 7 nitrogen and oxygen atoms in total. The van der Waals surface area contributed by atoms with Gasteiger partial charge in [-0.2, -0.15) is 0 Å². The summed E-state index contributed by atoms with van der Waals surface area (Å²) in [4.78, 5) is 20.0. The maximum atomic E-state index is 11.0. The number of phosphoric ester groups is 1. The first-order valence-corrected chi connectivity index (χ1v) is 6.34. The molecule has 1 atom stereocenters. The fourth-order valence-electron chi connectivity index (χ4n) is 0.316. The van der Waals surface area contributed by atoms with Gasteiger partial charge in [0.2, 0.25) is 5.02 Å². The minimum absolute atomic E-state index is 0. The average Bonchev–Trinajstić information content (AvgIpc) is 1.81. The van der Waals surface area contributed by atoms with Crippen molar-refractivity contribution in [2.24, 2.45) is 0 Å². The number of rotatable bonds is 5. The SMILES string of the molecule is COP(=O)(OC(Cl)Cl)OP(=O)([O-])[O-].[Ca+2]. The van der Waals surface area contributed by atoms with Gasteiger partial charge in [-0.3, -0.25) is 13.4 Å². The van der Waals surface area contributed by atoms with Gasteiger partial charge in [0.15, 0.2) is 0 Å².